The summed E-state index contributed by atoms with van der Waals surface area (Å²) in [5.41, 5.74) is -0.123. The van der Waals surface area contributed by atoms with E-state index in [2.05, 4.69) is 4.74 Å². The first-order valence-electron chi connectivity index (χ1n) is 2.62. The molecule has 0 aliphatic carbocycles. The van der Waals surface area contributed by atoms with E-state index in [-0.39, 0.29) is 11.3 Å². The molecule has 10 heavy (non-hydrogen) atoms. The topological polar surface area (TPSA) is 70.4 Å². The minimum Gasteiger partial charge on any atom is -0.512 e. The van der Waals surface area contributed by atoms with E-state index < -0.39 is 5.97 Å². The van der Waals surface area contributed by atoms with Crippen LogP contribution in [-0.4, -0.2) is 24.4 Å². The summed E-state index contributed by atoms with van der Waals surface area (Å²) in [5.74, 6) is -0.906. The maximum atomic E-state index is 10.6. The molecule has 0 aliphatic rings. The third-order valence-electron chi connectivity index (χ3n) is 0.939. The highest BCUT2D eigenvalue weighted by atomic mass is 16.5. The van der Waals surface area contributed by atoms with Crippen LogP contribution in [0.4, 0.5) is 0 Å². The largest absolute Gasteiger partial charge is 0.512 e. The number of hydrogen-bond donors (Lipinski definition) is 2. The Morgan fingerprint density at radius 3 is 2.30 bits per heavy atom. The van der Waals surface area contributed by atoms with E-state index in [1.54, 1.807) is 0 Å². The van der Waals surface area contributed by atoms with Gasteiger partial charge in [0.2, 0.25) is 0 Å². The number of hydrogen-bond acceptors (Lipinski definition) is 4. The Labute approximate surface area is 58.6 Å². The smallest absolute Gasteiger partial charge is 0.342 e. The summed E-state index contributed by atoms with van der Waals surface area (Å²) in [7, 11) is 1.19. The molecule has 4 heteroatoms. The summed E-state index contributed by atoms with van der Waals surface area (Å²) in [4.78, 5) is 10.6. The van der Waals surface area contributed by atoms with Gasteiger partial charge in [-0.2, -0.15) is 0 Å². The fraction of sp³-hybridized carbons (Fsp3) is 0.333. The monoisotopic (exact) mass is 143 g/mol. The van der Waals surface area contributed by atoms with Crippen molar-refractivity contribution in [3.8, 4) is 0 Å². The average molecular weight is 143 g/mol. The molecular weight excluding hydrogens is 134 g/mol. The second-order valence-corrected chi connectivity index (χ2v) is 1.64. The summed E-state index contributed by atoms with van der Waals surface area (Å²) in [5, 5.41) is 15.4. The van der Waals surface area contributed by atoms with Crippen LogP contribution in [0.2, 0.25) is 0 Å². The van der Waals surface area contributed by atoms with Gasteiger partial charge in [0.25, 0.3) is 0 Å². The van der Waals surface area contributed by atoms with Crippen LogP contribution < -0.4 is 0 Å². The van der Waals surface area contributed by atoms with Gasteiger partial charge in [0.05, 0.1) is 7.11 Å². The number of aliphatic hydroxyl groups is 1. The van der Waals surface area contributed by atoms with E-state index in [1.807, 2.05) is 0 Å². The maximum Gasteiger partial charge on any atom is 0.342 e. The van der Waals surface area contributed by atoms with Crippen LogP contribution >= 0.6 is 0 Å². The van der Waals surface area contributed by atoms with E-state index in [1.165, 1.54) is 14.0 Å². The van der Waals surface area contributed by atoms with Crippen molar-refractivity contribution in [1.82, 2.24) is 0 Å². The van der Waals surface area contributed by atoms with E-state index in [9.17, 15) is 4.79 Å². The molecule has 0 radical (unpaired) electrons. The summed E-state index contributed by atoms with van der Waals surface area (Å²) >= 11 is 0. The molecule has 0 aromatic carbocycles. The van der Waals surface area contributed by atoms with Crippen molar-refractivity contribution in [1.29, 1.82) is 5.41 Å². The molecule has 0 saturated heterocycles. The quantitative estimate of drug-likeness (QED) is 0.258. The second-order valence-electron chi connectivity index (χ2n) is 1.64. The molecule has 0 spiro atoms. The normalized spacial score (nSPS) is 11.8. The highest BCUT2D eigenvalue weighted by Gasteiger charge is 2.08. The van der Waals surface area contributed by atoms with Crippen molar-refractivity contribution in [2.75, 3.05) is 7.11 Å². The first-order valence-corrected chi connectivity index (χ1v) is 2.62. The molecule has 0 saturated carbocycles. The van der Waals surface area contributed by atoms with Gasteiger partial charge >= 0.3 is 5.97 Å². The standard InChI is InChI=1S/C6H9NO3/c1-4(8)5(3-7)6(9)10-2/h3,7-8H,1-2H3/b5-4+,7-3?. The Morgan fingerprint density at radius 1 is 1.70 bits per heavy atom. The molecule has 0 unspecified atom stereocenters. The SMILES string of the molecule is COC(=O)/C(C=N)=C(\C)O. The van der Waals surface area contributed by atoms with Crippen LogP contribution in [0.15, 0.2) is 11.3 Å². The van der Waals surface area contributed by atoms with E-state index in [4.69, 9.17) is 10.5 Å². The predicted molar refractivity (Wildman–Crippen MR) is 36.1 cm³/mol. The van der Waals surface area contributed by atoms with E-state index in [0.717, 1.165) is 6.21 Å². The molecule has 0 amide bonds. The van der Waals surface area contributed by atoms with Gasteiger partial charge < -0.3 is 15.3 Å². The van der Waals surface area contributed by atoms with Gasteiger partial charge in [-0.15, -0.1) is 0 Å². The number of nitrogens with one attached hydrogen (secondary N) is 1. The van der Waals surface area contributed by atoms with Crippen LogP contribution in [0.1, 0.15) is 6.92 Å². The molecule has 4 nitrogen and oxygen atoms in total. The van der Waals surface area contributed by atoms with Gasteiger partial charge in [-0.25, -0.2) is 4.79 Å². The van der Waals surface area contributed by atoms with E-state index in [0.29, 0.717) is 0 Å². The lowest BCUT2D eigenvalue weighted by Gasteiger charge is -1.98. The Balaban J connectivity index is 4.53. The summed E-state index contributed by atoms with van der Waals surface area (Å²) in [6.07, 6.45) is 0.751. The predicted octanol–water partition coefficient (Wildman–Crippen LogP) is 0.641. The van der Waals surface area contributed by atoms with Gasteiger partial charge in [-0.05, 0) is 6.92 Å². The fourth-order valence-electron chi connectivity index (χ4n) is 0.421. The highest BCUT2D eigenvalue weighted by Crippen LogP contribution is 1.98. The number of carbonyl (C=O) groups excluding carboxylic acids is 1. The van der Waals surface area contributed by atoms with Crippen molar-refractivity contribution in [3.63, 3.8) is 0 Å². The second kappa shape index (κ2) is 3.66. The number of esters is 1. The molecule has 0 heterocycles. The number of aliphatic hydroxyl groups excluding tert-OH is 1. The zero-order valence-corrected chi connectivity index (χ0v) is 5.84. The van der Waals surface area contributed by atoms with Crippen LogP contribution in [0.5, 0.6) is 0 Å². The number of allylic oxidation sites excluding steroid dienone is 1. The molecule has 0 aliphatic heterocycles. The molecule has 56 valence electrons. The minimum atomic E-state index is -0.699. The Kier molecular flexibility index (Phi) is 3.17. The van der Waals surface area contributed by atoms with Crippen LogP contribution in [0, 0.1) is 5.41 Å². The van der Waals surface area contributed by atoms with Crippen molar-refractivity contribution in [2.45, 2.75) is 6.92 Å². The van der Waals surface area contributed by atoms with Gasteiger partial charge in [0.1, 0.15) is 11.3 Å². The van der Waals surface area contributed by atoms with Crippen molar-refractivity contribution < 1.29 is 14.6 Å². The lowest BCUT2D eigenvalue weighted by atomic mass is 10.2. The number of carbonyl (C=O) groups is 1. The number of ether oxygens (including phenoxy) is 1. The molecule has 0 fully saturated rings. The molecule has 0 aromatic rings. The molecule has 2 N–H and O–H groups in total. The molecule has 0 rings (SSSR count). The Morgan fingerprint density at radius 2 is 2.20 bits per heavy atom. The third-order valence-corrected chi connectivity index (χ3v) is 0.939. The van der Waals surface area contributed by atoms with Crippen LogP contribution in [0.3, 0.4) is 0 Å². The van der Waals surface area contributed by atoms with Gasteiger partial charge in [0.15, 0.2) is 0 Å². The molecule has 0 bridgehead atoms. The first-order chi connectivity index (χ1) is 4.63. The number of rotatable bonds is 2. The highest BCUT2D eigenvalue weighted by molar-refractivity contribution is 6.08. The molecular formula is C6H9NO3. The maximum absolute atomic E-state index is 10.6. The third kappa shape index (κ3) is 1.89. The molecule has 0 atom stereocenters. The van der Waals surface area contributed by atoms with Gasteiger partial charge in [0, 0.05) is 6.21 Å². The van der Waals surface area contributed by atoms with Crippen molar-refractivity contribution in [2.24, 2.45) is 0 Å². The summed E-state index contributed by atoms with van der Waals surface area (Å²) in [6.45, 7) is 1.32. The lowest BCUT2D eigenvalue weighted by Crippen LogP contribution is -2.07. The average Bonchev–Trinajstić information content (AvgIpc) is 1.88. The first kappa shape index (κ1) is 8.68. The Hall–Kier alpha value is -1.32. The Bertz CT molecular complexity index is 179. The zero-order chi connectivity index (χ0) is 8.15. The van der Waals surface area contributed by atoms with Crippen LogP contribution in [0.25, 0.3) is 0 Å². The zero-order valence-electron chi connectivity index (χ0n) is 5.84. The van der Waals surface area contributed by atoms with Crippen molar-refractivity contribution in [3.05, 3.63) is 11.3 Å². The molecule has 0 aromatic heterocycles. The van der Waals surface area contributed by atoms with Crippen LogP contribution in [-0.2, 0) is 9.53 Å². The van der Waals surface area contributed by atoms with E-state index >= 15 is 0 Å². The number of methoxy groups -OCH3 is 1. The minimum absolute atomic E-state index is 0.123. The summed E-state index contributed by atoms with van der Waals surface area (Å²) in [6, 6.07) is 0. The van der Waals surface area contributed by atoms with Gasteiger partial charge in [-0.3, -0.25) is 0 Å². The van der Waals surface area contributed by atoms with Crippen molar-refractivity contribution >= 4 is 12.2 Å². The fourth-order valence-corrected chi connectivity index (χ4v) is 0.421. The van der Waals surface area contributed by atoms with Gasteiger partial charge in [-0.1, -0.05) is 0 Å². The lowest BCUT2D eigenvalue weighted by molar-refractivity contribution is -0.135. The summed E-state index contributed by atoms with van der Waals surface area (Å²) < 4.78 is 4.26.